The number of benzene rings is 2. The van der Waals surface area contributed by atoms with Crippen LogP contribution in [0.3, 0.4) is 0 Å². The molecule has 1 aliphatic rings. The maximum Gasteiger partial charge on any atom is 0.338 e. The summed E-state index contributed by atoms with van der Waals surface area (Å²) in [4.78, 5) is 39.0. The van der Waals surface area contributed by atoms with Crippen molar-refractivity contribution in [2.45, 2.75) is 5.92 Å². The van der Waals surface area contributed by atoms with Gasteiger partial charge in [0, 0.05) is 0 Å². The van der Waals surface area contributed by atoms with Gasteiger partial charge in [0.2, 0.25) is 0 Å². The van der Waals surface area contributed by atoms with Crippen molar-refractivity contribution in [2.24, 2.45) is 5.73 Å². The van der Waals surface area contributed by atoms with Gasteiger partial charge in [0.05, 0.1) is 35.8 Å². The molecule has 0 radical (unpaired) electrons. The lowest BCUT2D eigenvalue weighted by atomic mass is 9.83. The molecule has 0 bridgehead atoms. The number of carbonyl (C=O) groups excluding carboxylic acids is 2. The van der Waals surface area contributed by atoms with Gasteiger partial charge in [0.15, 0.2) is 0 Å². The van der Waals surface area contributed by atoms with Gasteiger partial charge >= 0.3 is 11.9 Å². The smallest absolute Gasteiger partial charge is 0.338 e. The van der Waals surface area contributed by atoms with Crippen LogP contribution < -0.4 is 20.5 Å². The molecule has 1 aliphatic heterocycles. The van der Waals surface area contributed by atoms with E-state index in [0.717, 1.165) is 16.9 Å². The summed E-state index contributed by atoms with van der Waals surface area (Å²) in [5, 5.41) is 0. The van der Waals surface area contributed by atoms with Crippen LogP contribution in [0.15, 0.2) is 71.0 Å². The monoisotopic (exact) mass is 448 g/mol. The topological polar surface area (TPSA) is 101 Å². The van der Waals surface area contributed by atoms with Crippen molar-refractivity contribution in [1.29, 1.82) is 0 Å². The summed E-state index contributed by atoms with van der Waals surface area (Å²) in [5.41, 5.74) is 7.58. The summed E-state index contributed by atoms with van der Waals surface area (Å²) in [6.07, 6.45) is 1.72. The predicted molar refractivity (Wildman–Crippen MR) is 122 cm³/mol. The van der Waals surface area contributed by atoms with E-state index >= 15 is 0 Å². The highest BCUT2D eigenvalue weighted by Crippen LogP contribution is 2.37. The minimum absolute atomic E-state index is 0.0118. The third-order valence-corrected chi connectivity index (χ3v) is 6.30. The molecule has 0 spiro atoms. The first-order chi connectivity index (χ1) is 15.5. The number of methoxy groups -OCH3 is 2. The zero-order valence-corrected chi connectivity index (χ0v) is 18.2. The van der Waals surface area contributed by atoms with Gasteiger partial charge in [-0.1, -0.05) is 60.7 Å². The standard InChI is InChI=1S/C24H20N2O5S/c1-30-23(28)18-17(15-11-7-4-8-12-15)19(24(29)31-2)22-26(20(18)25)21(27)16(32-22)13-14-9-5-3-6-10-14/h3-13,17H,25H2,1-2H3/b16-13-. The lowest BCUT2D eigenvalue weighted by Gasteiger charge is -2.26. The molecule has 0 saturated carbocycles. The number of aromatic nitrogens is 1. The second-order valence-corrected chi connectivity index (χ2v) is 8.04. The average molecular weight is 449 g/mol. The SMILES string of the molecule is COC(=O)C1=C(N)n2c(s/c(=C\c3ccccc3)c2=O)=C(C(=O)OC)C1c1ccccc1. The Hall–Kier alpha value is -3.91. The third-order valence-electron chi connectivity index (χ3n) is 5.19. The van der Waals surface area contributed by atoms with Crippen LogP contribution in [-0.4, -0.2) is 30.7 Å². The van der Waals surface area contributed by atoms with E-state index < -0.39 is 23.4 Å². The molecule has 32 heavy (non-hydrogen) atoms. The molecule has 7 nitrogen and oxygen atoms in total. The average Bonchev–Trinajstić information content (AvgIpc) is 3.15. The largest absolute Gasteiger partial charge is 0.466 e. The summed E-state index contributed by atoms with van der Waals surface area (Å²) in [7, 11) is 2.48. The Balaban J connectivity index is 2.14. The fourth-order valence-corrected chi connectivity index (χ4v) is 4.91. The number of rotatable bonds is 4. The molecular formula is C24H20N2O5S. The molecule has 1 atom stereocenters. The van der Waals surface area contributed by atoms with Gasteiger partial charge in [-0.15, -0.1) is 11.3 Å². The van der Waals surface area contributed by atoms with E-state index in [1.54, 1.807) is 30.3 Å². The van der Waals surface area contributed by atoms with Crippen molar-refractivity contribution in [3.8, 4) is 0 Å². The lowest BCUT2D eigenvalue weighted by Crippen LogP contribution is -2.41. The van der Waals surface area contributed by atoms with Crippen molar-refractivity contribution >= 4 is 40.7 Å². The van der Waals surface area contributed by atoms with Crippen LogP contribution in [0.25, 0.3) is 17.5 Å². The van der Waals surface area contributed by atoms with Gasteiger partial charge in [-0.05, 0) is 17.2 Å². The fourth-order valence-electron chi connectivity index (χ4n) is 3.74. The van der Waals surface area contributed by atoms with Crippen molar-refractivity contribution in [3.63, 3.8) is 0 Å². The molecule has 2 aromatic carbocycles. The van der Waals surface area contributed by atoms with Gasteiger partial charge in [0.25, 0.3) is 5.56 Å². The molecule has 1 aromatic heterocycles. The molecular weight excluding hydrogens is 428 g/mol. The maximum atomic E-state index is 13.3. The van der Waals surface area contributed by atoms with Gasteiger partial charge in [-0.25, -0.2) is 9.59 Å². The number of fused-ring (bicyclic) bond motifs is 1. The Morgan fingerprint density at radius 3 is 2.09 bits per heavy atom. The number of carbonyl (C=O) groups is 2. The van der Waals surface area contributed by atoms with Gasteiger partial charge in [-0.3, -0.25) is 9.36 Å². The number of thiazole rings is 1. The zero-order valence-electron chi connectivity index (χ0n) is 17.4. The summed E-state index contributed by atoms with van der Waals surface area (Å²) in [5.74, 6) is -2.30. The minimum Gasteiger partial charge on any atom is -0.466 e. The molecule has 0 amide bonds. The van der Waals surface area contributed by atoms with Crippen LogP contribution in [0.4, 0.5) is 0 Å². The Kier molecular flexibility index (Phi) is 5.79. The summed E-state index contributed by atoms with van der Waals surface area (Å²) in [6, 6.07) is 18.3. The quantitative estimate of drug-likeness (QED) is 0.602. The molecule has 1 unspecified atom stereocenters. The number of esters is 2. The van der Waals surface area contributed by atoms with Gasteiger partial charge in [-0.2, -0.15) is 0 Å². The Bertz CT molecular complexity index is 1400. The van der Waals surface area contributed by atoms with Crippen LogP contribution in [0.2, 0.25) is 0 Å². The highest BCUT2D eigenvalue weighted by molar-refractivity contribution is 7.07. The van der Waals surface area contributed by atoms with E-state index in [9.17, 15) is 14.4 Å². The second-order valence-electron chi connectivity index (χ2n) is 7.01. The van der Waals surface area contributed by atoms with E-state index in [1.165, 1.54) is 18.8 Å². The molecule has 0 aliphatic carbocycles. The van der Waals surface area contributed by atoms with Crippen LogP contribution in [0.5, 0.6) is 0 Å². The van der Waals surface area contributed by atoms with E-state index in [1.807, 2.05) is 36.4 Å². The van der Waals surface area contributed by atoms with Gasteiger partial charge < -0.3 is 15.2 Å². The van der Waals surface area contributed by atoms with E-state index in [0.29, 0.717) is 14.8 Å². The van der Waals surface area contributed by atoms with Crippen LogP contribution >= 0.6 is 11.3 Å². The van der Waals surface area contributed by atoms with E-state index in [-0.39, 0.29) is 17.0 Å². The summed E-state index contributed by atoms with van der Waals surface area (Å²) in [6.45, 7) is 0. The molecule has 3 aromatic rings. The number of nitrogens with zero attached hydrogens (tertiary/aromatic N) is 1. The highest BCUT2D eigenvalue weighted by atomic mass is 32.1. The predicted octanol–water partition coefficient (Wildman–Crippen LogP) is 1.16. The minimum atomic E-state index is -0.848. The molecule has 2 N–H and O–H groups in total. The number of hydrogen-bond donors (Lipinski definition) is 1. The first-order valence-electron chi connectivity index (χ1n) is 9.72. The molecule has 0 fully saturated rings. The molecule has 8 heteroatoms. The second kappa shape index (κ2) is 8.68. The van der Waals surface area contributed by atoms with Crippen LogP contribution in [0, 0.1) is 0 Å². The van der Waals surface area contributed by atoms with Crippen LogP contribution in [-0.2, 0) is 19.1 Å². The van der Waals surface area contributed by atoms with Crippen molar-refractivity contribution in [1.82, 2.24) is 4.57 Å². The van der Waals surface area contributed by atoms with E-state index in [4.69, 9.17) is 15.2 Å². The lowest BCUT2D eigenvalue weighted by molar-refractivity contribution is -0.136. The van der Waals surface area contributed by atoms with Gasteiger partial charge in [0.1, 0.15) is 10.5 Å². The third kappa shape index (κ3) is 3.54. The Morgan fingerprint density at radius 1 is 0.938 bits per heavy atom. The molecule has 0 saturated heterocycles. The summed E-state index contributed by atoms with van der Waals surface area (Å²) < 4.78 is 11.9. The maximum absolute atomic E-state index is 13.3. The molecule has 4 rings (SSSR count). The van der Waals surface area contributed by atoms with Crippen molar-refractivity contribution in [3.05, 3.63) is 96.9 Å². The first-order valence-corrected chi connectivity index (χ1v) is 10.5. The first kappa shape index (κ1) is 21.3. The van der Waals surface area contributed by atoms with E-state index in [2.05, 4.69) is 0 Å². The Morgan fingerprint density at radius 2 is 1.50 bits per heavy atom. The van der Waals surface area contributed by atoms with Crippen molar-refractivity contribution < 1.29 is 19.1 Å². The number of ether oxygens (including phenoxy) is 2. The van der Waals surface area contributed by atoms with Crippen molar-refractivity contribution in [2.75, 3.05) is 14.2 Å². The molecule has 162 valence electrons. The zero-order chi connectivity index (χ0) is 22.8. The normalized spacial score (nSPS) is 16.0. The fraction of sp³-hybridized carbons (Fsp3) is 0.125. The highest BCUT2D eigenvalue weighted by Gasteiger charge is 2.39. The molecule has 2 heterocycles. The van der Waals surface area contributed by atoms with Crippen LogP contribution in [0.1, 0.15) is 17.0 Å². The number of nitrogens with two attached hydrogens (primary N) is 1. The number of hydrogen-bond acceptors (Lipinski definition) is 7. The Labute approximate surface area is 187 Å². The summed E-state index contributed by atoms with van der Waals surface area (Å²) >= 11 is 1.12.